The summed E-state index contributed by atoms with van der Waals surface area (Å²) < 4.78 is 12.0. The molecule has 3 aromatic carbocycles. The Bertz CT molecular complexity index is 763. The lowest BCUT2D eigenvalue weighted by atomic mass is 9.82. The van der Waals surface area contributed by atoms with E-state index in [-0.39, 0.29) is 0 Å². The number of ether oxygens (including phenoxy) is 2. The van der Waals surface area contributed by atoms with Crippen molar-refractivity contribution in [1.29, 1.82) is 0 Å². The van der Waals surface area contributed by atoms with Gasteiger partial charge in [-0.15, -0.1) is 0 Å². The first-order chi connectivity index (χ1) is 13.3. The quantitative estimate of drug-likeness (QED) is 0.705. The highest BCUT2D eigenvalue weighted by atomic mass is 16.7. The minimum absolute atomic E-state index is 0.319. The first-order valence-corrected chi connectivity index (χ1v) is 9.44. The Labute approximate surface area is 161 Å². The van der Waals surface area contributed by atoms with Gasteiger partial charge in [0, 0.05) is 5.56 Å². The van der Waals surface area contributed by atoms with Crippen LogP contribution in [0, 0.1) is 0 Å². The summed E-state index contributed by atoms with van der Waals surface area (Å²) in [7, 11) is 0. The van der Waals surface area contributed by atoms with Crippen LogP contribution < -0.4 is 0 Å². The summed E-state index contributed by atoms with van der Waals surface area (Å²) >= 11 is 0. The summed E-state index contributed by atoms with van der Waals surface area (Å²) in [4.78, 5) is 0. The monoisotopic (exact) mass is 362 g/mol. The van der Waals surface area contributed by atoms with E-state index in [9.17, 15) is 5.11 Å². The molecule has 1 aliphatic heterocycles. The average molecular weight is 362 g/mol. The van der Waals surface area contributed by atoms with Gasteiger partial charge >= 0.3 is 0 Å². The summed E-state index contributed by atoms with van der Waals surface area (Å²) in [5, 5.41) is 11.7. The van der Waals surface area contributed by atoms with Crippen molar-refractivity contribution in [2.24, 2.45) is 0 Å². The third-order valence-corrected chi connectivity index (χ3v) is 4.65. The molecule has 0 amide bonds. The van der Waals surface area contributed by atoms with Gasteiger partial charge in [0.05, 0.1) is 6.61 Å². The highest BCUT2D eigenvalue weighted by Gasteiger charge is 2.46. The normalized spacial score (nSPS) is 19.2. The Kier molecular flexibility index (Phi) is 6.40. The van der Waals surface area contributed by atoms with Crippen molar-refractivity contribution in [2.75, 3.05) is 6.61 Å². The molecule has 0 saturated carbocycles. The zero-order valence-corrected chi connectivity index (χ0v) is 15.8. The van der Waals surface area contributed by atoms with Gasteiger partial charge in [-0.05, 0) is 11.1 Å². The third kappa shape index (κ3) is 3.96. The summed E-state index contributed by atoms with van der Waals surface area (Å²) in [6.45, 7) is 4.32. The first-order valence-electron chi connectivity index (χ1n) is 9.44. The molecule has 0 aliphatic carbocycles. The zero-order valence-electron chi connectivity index (χ0n) is 15.8. The molecule has 0 bridgehead atoms. The molecule has 1 N–H and O–H groups in total. The van der Waals surface area contributed by atoms with Crippen LogP contribution in [0.3, 0.4) is 0 Å². The molecular weight excluding hydrogens is 336 g/mol. The van der Waals surface area contributed by atoms with Crippen molar-refractivity contribution in [2.45, 2.75) is 31.8 Å². The van der Waals surface area contributed by atoms with Gasteiger partial charge in [0.25, 0.3) is 0 Å². The fraction of sp³-hybridized carbons (Fsp3) is 0.250. The highest BCUT2D eigenvalue weighted by Crippen LogP contribution is 2.40. The minimum Gasteiger partial charge on any atom is -0.378 e. The van der Waals surface area contributed by atoms with Crippen LogP contribution in [0.15, 0.2) is 91.0 Å². The second-order valence-corrected chi connectivity index (χ2v) is 6.20. The lowest BCUT2D eigenvalue weighted by Gasteiger charge is -2.33. The van der Waals surface area contributed by atoms with E-state index < -0.39 is 18.0 Å². The molecule has 4 rings (SSSR count). The van der Waals surface area contributed by atoms with Gasteiger partial charge in [0.1, 0.15) is 11.7 Å². The van der Waals surface area contributed by atoms with E-state index in [1.807, 2.05) is 105 Å². The van der Waals surface area contributed by atoms with Crippen LogP contribution in [0.1, 0.15) is 36.8 Å². The highest BCUT2D eigenvalue weighted by molar-refractivity contribution is 5.38. The van der Waals surface area contributed by atoms with E-state index >= 15 is 0 Å². The Morgan fingerprint density at radius 1 is 0.741 bits per heavy atom. The Hall–Kier alpha value is -2.46. The molecule has 1 aliphatic rings. The Morgan fingerprint density at radius 3 is 1.67 bits per heavy atom. The molecule has 0 radical (unpaired) electrons. The topological polar surface area (TPSA) is 38.7 Å². The summed E-state index contributed by atoms with van der Waals surface area (Å²) in [5.41, 5.74) is 1.27. The maximum absolute atomic E-state index is 11.7. The van der Waals surface area contributed by atoms with Crippen LogP contribution >= 0.6 is 0 Å². The number of rotatable bonds is 4. The van der Waals surface area contributed by atoms with Gasteiger partial charge in [-0.2, -0.15) is 0 Å². The first kappa shape index (κ1) is 19.3. The van der Waals surface area contributed by atoms with Crippen LogP contribution in [0.4, 0.5) is 0 Å². The van der Waals surface area contributed by atoms with Crippen LogP contribution in [0.2, 0.25) is 0 Å². The van der Waals surface area contributed by atoms with Gasteiger partial charge in [0.2, 0.25) is 0 Å². The van der Waals surface area contributed by atoms with Gasteiger partial charge in [-0.1, -0.05) is 105 Å². The van der Waals surface area contributed by atoms with Crippen LogP contribution in [0.5, 0.6) is 0 Å². The number of hydrogen-bond acceptors (Lipinski definition) is 3. The van der Waals surface area contributed by atoms with E-state index in [0.29, 0.717) is 6.61 Å². The number of benzene rings is 3. The van der Waals surface area contributed by atoms with Crippen molar-refractivity contribution in [3.8, 4) is 0 Å². The lowest BCUT2D eigenvalue weighted by molar-refractivity contribution is -0.109. The van der Waals surface area contributed by atoms with Crippen molar-refractivity contribution >= 4 is 0 Å². The maximum atomic E-state index is 11.7. The van der Waals surface area contributed by atoms with E-state index in [1.54, 1.807) is 0 Å². The van der Waals surface area contributed by atoms with Gasteiger partial charge in [0.15, 0.2) is 6.29 Å². The molecule has 0 spiro atoms. The van der Waals surface area contributed by atoms with Gasteiger partial charge < -0.3 is 14.6 Å². The minimum atomic E-state index is -1.27. The molecule has 3 nitrogen and oxygen atoms in total. The molecule has 2 atom stereocenters. The standard InChI is InChI=1S/C22H20O3.C2H6/c23-22(18-12-6-2-7-13-18,19-14-8-3-9-15-19)20-16-24-21(25-20)17-10-4-1-5-11-17;1-2/h1-15,20-21,23H,16H2;1-2H3. The fourth-order valence-corrected chi connectivity index (χ4v) is 3.33. The molecule has 1 saturated heterocycles. The van der Waals surface area contributed by atoms with E-state index in [1.165, 1.54) is 0 Å². The predicted octanol–water partition coefficient (Wildman–Crippen LogP) is 5.06. The maximum Gasteiger partial charge on any atom is 0.184 e. The largest absolute Gasteiger partial charge is 0.378 e. The molecule has 2 unspecified atom stereocenters. The second-order valence-electron chi connectivity index (χ2n) is 6.20. The molecule has 1 fully saturated rings. The zero-order chi connectivity index (χ0) is 19.1. The molecule has 3 heteroatoms. The molecule has 0 aromatic heterocycles. The molecule has 27 heavy (non-hydrogen) atoms. The van der Waals surface area contributed by atoms with E-state index in [4.69, 9.17) is 9.47 Å². The average Bonchev–Trinajstić information content (AvgIpc) is 3.27. The smallest absolute Gasteiger partial charge is 0.184 e. The number of aliphatic hydroxyl groups is 1. The van der Waals surface area contributed by atoms with Crippen LogP contribution in [0.25, 0.3) is 0 Å². The summed E-state index contributed by atoms with van der Waals surface area (Å²) in [6, 6.07) is 29.1. The molecular formula is C24H26O3. The summed E-state index contributed by atoms with van der Waals surface area (Å²) in [5.74, 6) is 0. The van der Waals surface area contributed by atoms with Gasteiger partial charge in [-0.25, -0.2) is 0 Å². The van der Waals surface area contributed by atoms with Crippen molar-refractivity contribution in [1.82, 2.24) is 0 Å². The van der Waals surface area contributed by atoms with Crippen molar-refractivity contribution in [3.63, 3.8) is 0 Å². The van der Waals surface area contributed by atoms with Crippen molar-refractivity contribution < 1.29 is 14.6 Å². The fourth-order valence-electron chi connectivity index (χ4n) is 3.33. The number of hydrogen-bond donors (Lipinski definition) is 1. The van der Waals surface area contributed by atoms with Crippen LogP contribution in [-0.2, 0) is 15.1 Å². The third-order valence-electron chi connectivity index (χ3n) is 4.65. The molecule has 1 heterocycles. The lowest BCUT2D eigenvalue weighted by Crippen LogP contribution is -2.42. The van der Waals surface area contributed by atoms with E-state index in [2.05, 4.69) is 0 Å². The predicted molar refractivity (Wildman–Crippen MR) is 107 cm³/mol. The van der Waals surface area contributed by atoms with Crippen molar-refractivity contribution in [3.05, 3.63) is 108 Å². The Morgan fingerprint density at radius 2 is 1.19 bits per heavy atom. The van der Waals surface area contributed by atoms with E-state index in [0.717, 1.165) is 16.7 Å². The van der Waals surface area contributed by atoms with Crippen LogP contribution in [-0.4, -0.2) is 17.8 Å². The summed E-state index contributed by atoms with van der Waals surface area (Å²) in [6.07, 6.45) is -0.965. The van der Waals surface area contributed by atoms with Gasteiger partial charge in [-0.3, -0.25) is 0 Å². The molecule has 3 aromatic rings. The molecule has 140 valence electrons. The Balaban J connectivity index is 0.00000102. The second kappa shape index (κ2) is 8.96. The SMILES string of the molecule is CC.OC(c1ccccc1)(c1ccccc1)C1COC(c2ccccc2)O1.